The van der Waals surface area contributed by atoms with E-state index in [0.29, 0.717) is 5.56 Å². The summed E-state index contributed by atoms with van der Waals surface area (Å²) in [6.07, 6.45) is 9.34. The van der Waals surface area contributed by atoms with Gasteiger partial charge in [-0.3, -0.25) is 4.79 Å². The number of unbranched alkanes of at least 4 members (excludes halogenated alkanes) is 4. The smallest absolute Gasteiger partial charge is 0.185 e. The van der Waals surface area contributed by atoms with Gasteiger partial charge in [0.25, 0.3) is 0 Å². The summed E-state index contributed by atoms with van der Waals surface area (Å²) in [5.41, 5.74) is 1.50. The Balaban J connectivity index is 1.80. The molecule has 0 fully saturated rings. The maximum atomic E-state index is 12.2. The number of hydrogen-bond acceptors (Lipinski definition) is 3. The molecule has 0 amide bonds. The van der Waals surface area contributed by atoms with Gasteiger partial charge in [-0.05, 0) is 54.5 Å². The third-order valence-electron chi connectivity index (χ3n) is 3.98. The van der Waals surface area contributed by atoms with Crippen LogP contribution in [0.15, 0.2) is 54.6 Å². The van der Waals surface area contributed by atoms with E-state index < -0.39 is 0 Å². The van der Waals surface area contributed by atoms with E-state index in [1.165, 1.54) is 31.8 Å². The van der Waals surface area contributed by atoms with E-state index in [-0.39, 0.29) is 11.5 Å². The molecule has 0 aromatic heterocycles. The highest BCUT2D eigenvalue weighted by molar-refractivity contribution is 6.06. The predicted octanol–water partition coefficient (Wildman–Crippen LogP) is 5.64. The Hall–Kier alpha value is -2.55. The second kappa shape index (κ2) is 10.3. The van der Waals surface area contributed by atoms with Crippen molar-refractivity contribution < 1.29 is 14.6 Å². The summed E-state index contributed by atoms with van der Waals surface area (Å²) in [6, 6.07) is 14.0. The zero-order valence-corrected chi connectivity index (χ0v) is 14.8. The van der Waals surface area contributed by atoms with Gasteiger partial charge < -0.3 is 9.84 Å². The molecular formula is C22H26O3. The van der Waals surface area contributed by atoms with Gasteiger partial charge >= 0.3 is 0 Å². The van der Waals surface area contributed by atoms with Crippen LogP contribution in [-0.2, 0) is 0 Å². The molecule has 0 saturated carbocycles. The molecule has 0 bridgehead atoms. The number of ether oxygens (including phenoxy) is 1. The SMILES string of the molecule is CCCCCCCOc1ccc(C(=O)C=Cc2ccc(O)cc2)cc1. The predicted molar refractivity (Wildman–Crippen MR) is 102 cm³/mol. The molecule has 0 heterocycles. The number of rotatable bonds is 10. The van der Waals surface area contributed by atoms with Crippen molar-refractivity contribution in [1.29, 1.82) is 0 Å². The van der Waals surface area contributed by atoms with Gasteiger partial charge in [0.2, 0.25) is 0 Å². The lowest BCUT2D eigenvalue weighted by Crippen LogP contribution is -1.98. The number of allylic oxidation sites excluding steroid dienone is 1. The Labute approximate surface area is 150 Å². The van der Waals surface area contributed by atoms with Crippen LogP contribution in [0.25, 0.3) is 6.08 Å². The number of phenolic OH excluding ortho intramolecular Hbond substituents is 1. The summed E-state index contributed by atoms with van der Waals surface area (Å²) in [4.78, 5) is 12.2. The van der Waals surface area contributed by atoms with Gasteiger partial charge in [0.1, 0.15) is 11.5 Å². The molecule has 2 aromatic rings. The van der Waals surface area contributed by atoms with Crippen molar-refractivity contribution in [2.75, 3.05) is 6.61 Å². The lowest BCUT2D eigenvalue weighted by atomic mass is 10.1. The van der Waals surface area contributed by atoms with Crippen LogP contribution in [0.4, 0.5) is 0 Å². The van der Waals surface area contributed by atoms with Crippen molar-refractivity contribution in [1.82, 2.24) is 0 Å². The van der Waals surface area contributed by atoms with Crippen LogP contribution in [0.3, 0.4) is 0 Å². The zero-order chi connectivity index (χ0) is 17.9. The largest absolute Gasteiger partial charge is 0.508 e. The summed E-state index contributed by atoms with van der Waals surface area (Å²) in [5.74, 6) is 0.957. The van der Waals surface area contributed by atoms with Crippen molar-refractivity contribution in [3.63, 3.8) is 0 Å². The molecular weight excluding hydrogens is 312 g/mol. The van der Waals surface area contributed by atoms with Gasteiger partial charge in [-0.1, -0.05) is 50.8 Å². The summed E-state index contributed by atoms with van der Waals surface area (Å²) >= 11 is 0. The van der Waals surface area contributed by atoms with Crippen LogP contribution < -0.4 is 4.74 Å². The van der Waals surface area contributed by atoms with E-state index in [9.17, 15) is 9.90 Å². The molecule has 0 aliphatic rings. The van der Waals surface area contributed by atoms with Gasteiger partial charge in [0.05, 0.1) is 6.61 Å². The van der Waals surface area contributed by atoms with Crippen molar-refractivity contribution >= 4 is 11.9 Å². The number of carbonyl (C=O) groups excluding carboxylic acids is 1. The van der Waals surface area contributed by atoms with Crippen molar-refractivity contribution in [3.05, 3.63) is 65.7 Å². The number of phenols is 1. The van der Waals surface area contributed by atoms with Crippen LogP contribution >= 0.6 is 0 Å². The molecule has 3 nitrogen and oxygen atoms in total. The van der Waals surface area contributed by atoms with Gasteiger partial charge in [-0.25, -0.2) is 0 Å². The topological polar surface area (TPSA) is 46.5 Å². The van der Waals surface area contributed by atoms with Crippen LogP contribution in [0.1, 0.15) is 54.9 Å². The monoisotopic (exact) mass is 338 g/mol. The second-order valence-corrected chi connectivity index (χ2v) is 6.08. The van der Waals surface area contributed by atoms with Crippen LogP contribution in [-0.4, -0.2) is 17.5 Å². The fourth-order valence-corrected chi connectivity index (χ4v) is 2.46. The van der Waals surface area contributed by atoms with E-state index in [2.05, 4.69) is 6.92 Å². The number of carbonyl (C=O) groups is 1. The maximum Gasteiger partial charge on any atom is 0.185 e. The molecule has 25 heavy (non-hydrogen) atoms. The molecule has 132 valence electrons. The van der Waals surface area contributed by atoms with E-state index >= 15 is 0 Å². The molecule has 0 aliphatic carbocycles. The third kappa shape index (κ3) is 6.84. The fourth-order valence-electron chi connectivity index (χ4n) is 2.46. The Kier molecular flexibility index (Phi) is 7.77. The highest BCUT2D eigenvalue weighted by Crippen LogP contribution is 2.15. The average molecular weight is 338 g/mol. The number of ketones is 1. The normalized spacial score (nSPS) is 10.9. The van der Waals surface area contributed by atoms with Crippen LogP contribution in [0.2, 0.25) is 0 Å². The van der Waals surface area contributed by atoms with Gasteiger partial charge in [-0.2, -0.15) is 0 Å². The molecule has 1 N–H and O–H groups in total. The van der Waals surface area contributed by atoms with E-state index in [1.54, 1.807) is 42.5 Å². The van der Waals surface area contributed by atoms with Crippen LogP contribution in [0.5, 0.6) is 11.5 Å². The molecule has 0 atom stereocenters. The second-order valence-electron chi connectivity index (χ2n) is 6.08. The van der Waals surface area contributed by atoms with Crippen LogP contribution in [0, 0.1) is 0 Å². The Morgan fingerprint density at radius 2 is 1.64 bits per heavy atom. The first-order chi connectivity index (χ1) is 12.2. The Bertz CT molecular complexity index is 669. The lowest BCUT2D eigenvalue weighted by molar-refractivity contribution is 0.104. The quantitative estimate of drug-likeness (QED) is 0.346. The molecule has 0 unspecified atom stereocenters. The average Bonchev–Trinajstić information content (AvgIpc) is 2.64. The Morgan fingerprint density at radius 3 is 2.32 bits per heavy atom. The summed E-state index contributed by atoms with van der Waals surface area (Å²) in [6.45, 7) is 2.93. The fraction of sp³-hybridized carbons (Fsp3) is 0.318. The number of hydrogen-bond donors (Lipinski definition) is 1. The highest BCUT2D eigenvalue weighted by Gasteiger charge is 2.02. The molecule has 0 aliphatic heterocycles. The first-order valence-electron chi connectivity index (χ1n) is 8.93. The van der Waals surface area contributed by atoms with Crippen molar-refractivity contribution in [2.24, 2.45) is 0 Å². The first-order valence-corrected chi connectivity index (χ1v) is 8.93. The van der Waals surface area contributed by atoms with Gasteiger partial charge in [0, 0.05) is 5.56 Å². The van der Waals surface area contributed by atoms with E-state index in [0.717, 1.165) is 24.3 Å². The van der Waals surface area contributed by atoms with E-state index in [4.69, 9.17) is 4.74 Å². The molecule has 3 heteroatoms. The number of benzene rings is 2. The summed E-state index contributed by atoms with van der Waals surface area (Å²) in [7, 11) is 0. The molecule has 2 rings (SSSR count). The lowest BCUT2D eigenvalue weighted by Gasteiger charge is -2.06. The molecule has 2 aromatic carbocycles. The first kappa shape index (κ1) is 18.8. The zero-order valence-electron chi connectivity index (χ0n) is 14.8. The minimum absolute atomic E-state index is 0.0563. The standard InChI is InChI=1S/C22H26O3/c1-2-3-4-5-6-17-25-21-14-10-19(11-15-21)22(24)16-9-18-7-12-20(23)13-8-18/h7-16,23H,2-6,17H2,1H3. The molecule has 0 spiro atoms. The van der Waals surface area contributed by atoms with Crippen molar-refractivity contribution in [2.45, 2.75) is 39.0 Å². The summed E-state index contributed by atoms with van der Waals surface area (Å²) in [5, 5.41) is 9.25. The van der Waals surface area contributed by atoms with E-state index in [1.807, 2.05) is 12.1 Å². The highest BCUT2D eigenvalue weighted by atomic mass is 16.5. The third-order valence-corrected chi connectivity index (χ3v) is 3.98. The minimum atomic E-state index is -0.0563. The van der Waals surface area contributed by atoms with Crippen molar-refractivity contribution in [3.8, 4) is 11.5 Å². The maximum absolute atomic E-state index is 12.2. The molecule has 0 radical (unpaired) electrons. The van der Waals surface area contributed by atoms with Gasteiger partial charge in [0.15, 0.2) is 5.78 Å². The Morgan fingerprint density at radius 1 is 0.960 bits per heavy atom. The number of aromatic hydroxyl groups is 1. The minimum Gasteiger partial charge on any atom is -0.508 e. The summed E-state index contributed by atoms with van der Waals surface area (Å²) < 4.78 is 5.71. The molecule has 0 saturated heterocycles. The van der Waals surface area contributed by atoms with Gasteiger partial charge in [-0.15, -0.1) is 0 Å².